The Hall–Kier alpha value is -2.77. The Balaban J connectivity index is 2.10. The van der Waals surface area contributed by atoms with E-state index in [9.17, 15) is 9.90 Å². The van der Waals surface area contributed by atoms with Crippen LogP contribution in [0, 0.1) is 0 Å². The minimum absolute atomic E-state index is 0.136. The van der Waals surface area contributed by atoms with E-state index in [1.54, 1.807) is 35.9 Å². The number of carbonyl (C=O) groups excluding carboxylic acids is 1. The normalized spacial score (nSPS) is 12.0. The van der Waals surface area contributed by atoms with E-state index in [2.05, 4.69) is 20.8 Å². The number of amides is 1. The van der Waals surface area contributed by atoms with Crippen LogP contribution in [0.15, 0.2) is 42.5 Å². The summed E-state index contributed by atoms with van der Waals surface area (Å²) >= 11 is 5.99. The number of tetrazole rings is 1. The van der Waals surface area contributed by atoms with Crippen molar-refractivity contribution in [2.75, 3.05) is 6.61 Å². The summed E-state index contributed by atoms with van der Waals surface area (Å²) in [7, 11) is 0. The van der Waals surface area contributed by atoms with Gasteiger partial charge in [-0.15, -0.1) is 5.10 Å². The molecular weight excluding hydrogens is 366 g/mol. The Morgan fingerprint density at radius 1 is 1.22 bits per heavy atom. The van der Waals surface area contributed by atoms with E-state index in [4.69, 9.17) is 11.6 Å². The molecule has 0 aliphatic carbocycles. The first-order chi connectivity index (χ1) is 13.0. The van der Waals surface area contributed by atoms with E-state index in [-0.39, 0.29) is 18.6 Å². The van der Waals surface area contributed by atoms with Crippen LogP contribution < -0.4 is 5.32 Å². The van der Waals surface area contributed by atoms with Crippen molar-refractivity contribution in [1.82, 2.24) is 25.5 Å². The molecule has 1 aromatic heterocycles. The first-order valence-electron chi connectivity index (χ1n) is 8.62. The lowest BCUT2D eigenvalue weighted by Gasteiger charge is -2.14. The number of nitrogens with zero attached hydrogens (tertiary/aromatic N) is 4. The van der Waals surface area contributed by atoms with Crippen LogP contribution in [-0.2, 0) is 6.42 Å². The molecule has 1 heterocycles. The van der Waals surface area contributed by atoms with Gasteiger partial charge in [0.25, 0.3) is 5.91 Å². The summed E-state index contributed by atoms with van der Waals surface area (Å²) < 4.78 is 1.62. The average Bonchev–Trinajstić information content (AvgIpc) is 3.17. The maximum atomic E-state index is 12.6. The summed E-state index contributed by atoms with van der Waals surface area (Å²) in [6.45, 7) is 3.56. The van der Waals surface area contributed by atoms with Crippen LogP contribution in [0.1, 0.15) is 30.0 Å². The zero-order valence-corrected chi connectivity index (χ0v) is 15.8. The minimum Gasteiger partial charge on any atom is -0.394 e. The lowest BCUT2D eigenvalue weighted by atomic mass is 10.0. The number of aliphatic hydroxyl groups excluding tert-OH is 1. The van der Waals surface area contributed by atoms with Crippen molar-refractivity contribution in [3.63, 3.8) is 0 Å². The Bertz CT molecular complexity index is 940. The number of aromatic nitrogens is 4. The highest BCUT2D eigenvalue weighted by Gasteiger charge is 2.15. The highest BCUT2D eigenvalue weighted by molar-refractivity contribution is 6.30. The van der Waals surface area contributed by atoms with Gasteiger partial charge in [-0.05, 0) is 58.8 Å². The second kappa shape index (κ2) is 8.28. The van der Waals surface area contributed by atoms with Gasteiger partial charge in [-0.3, -0.25) is 4.79 Å². The minimum atomic E-state index is -0.348. The highest BCUT2D eigenvalue weighted by Crippen LogP contribution is 2.26. The van der Waals surface area contributed by atoms with Crippen LogP contribution in [0.25, 0.3) is 16.8 Å². The smallest absolute Gasteiger partial charge is 0.251 e. The second-order valence-corrected chi connectivity index (χ2v) is 6.63. The van der Waals surface area contributed by atoms with Gasteiger partial charge < -0.3 is 10.4 Å². The molecule has 3 rings (SSSR count). The molecule has 0 bridgehead atoms. The van der Waals surface area contributed by atoms with Crippen molar-refractivity contribution in [3.05, 3.63) is 58.9 Å². The molecule has 7 nitrogen and oxygen atoms in total. The van der Waals surface area contributed by atoms with E-state index in [1.807, 2.05) is 25.1 Å². The molecule has 2 N–H and O–H groups in total. The lowest BCUT2D eigenvalue weighted by molar-refractivity contribution is 0.0922. The molecular formula is C19H20ClN5O2. The number of nitrogens with one attached hydrogen (secondary N) is 1. The SMILES string of the molecule is CCc1nnnn1-c1cc(C(=O)NC(C)CO)cc(-c2ccc(Cl)cc2)c1. The quantitative estimate of drug-likeness (QED) is 0.680. The van der Waals surface area contributed by atoms with Gasteiger partial charge in [0.05, 0.1) is 12.3 Å². The molecule has 0 saturated heterocycles. The van der Waals surface area contributed by atoms with Crippen molar-refractivity contribution in [3.8, 4) is 16.8 Å². The van der Waals surface area contributed by atoms with Crippen LogP contribution in [0.4, 0.5) is 0 Å². The summed E-state index contributed by atoms with van der Waals surface area (Å²) in [5.41, 5.74) is 2.89. The van der Waals surface area contributed by atoms with Crippen LogP contribution in [0.3, 0.4) is 0 Å². The van der Waals surface area contributed by atoms with Gasteiger partial charge in [0.15, 0.2) is 5.82 Å². The molecule has 0 aliphatic rings. The maximum absolute atomic E-state index is 12.6. The fraction of sp³-hybridized carbons (Fsp3) is 0.263. The zero-order chi connectivity index (χ0) is 19.4. The van der Waals surface area contributed by atoms with Crippen LogP contribution in [-0.4, -0.2) is 43.9 Å². The Labute approximate surface area is 162 Å². The predicted octanol–water partition coefficient (Wildman–Crippen LogP) is 2.66. The molecule has 0 fully saturated rings. The molecule has 3 aromatic rings. The molecule has 140 valence electrons. The number of halogens is 1. The summed E-state index contributed by atoms with van der Waals surface area (Å²) in [6.07, 6.45) is 0.654. The molecule has 0 saturated carbocycles. The van der Waals surface area contributed by atoms with Crippen molar-refractivity contribution in [2.45, 2.75) is 26.3 Å². The first-order valence-corrected chi connectivity index (χ1v) is 9.00. The third kappa shape index (κ3) is 4.32. The van der Waals surface area contributed by atoms with Gasteiger partial charge in [-0.25, -0.2) is 0 Å². The highest BCUT2D eigenvalue weighted by atomic mass is 35.5. The zero-order valence-electron chi connectivity index (χ0n) is 15.1. The molecule has 2 aromatic carbocycles. The number of aryl methyl sites for hydroxylation is 1. The maximum Gasteiger partial charge on any atom is 0.251 e. The fourth-order valence-corrected chi connectivity index (χ4v) is 2.78. The van der Waals surface area contributed by atoms with Gasteiger partial charge in [0.1, 0.15) is 0 Å². The summed E-state index contributed by atoms with van der Waals surface area (Å²) in [4.78, 5) is 12.6. The third-order valence-corrected chi connectivity index (χ3v) is 4.36. The van der Waals surface area contributed by atoms with Crippen LogP contribution >= 0.6 is 11.6 Å². The molecule has 27 heavy (non-hydrogen) atoms. The average molecular weight is 386 g/mol. The largest absolute Gasteiger partial charge is 0.394 e. The Kier molecular flexibility index (Phi) is 5.83. The number of aliphatic hydroxyl groups is 1. The van der Waals surface area contributed by atoms with Gasteiger partial charge in [-0.1, -0.05) is 30.7 Å². The van der Waals surface area contributed by atoms with Crippen LogP contribution in [0.5, 0.6) is 0 Å². The third-order valence-electron chi connectivity index (χ3n) is 4.10. The first kappa shape index (κ1) is 19.0. The van der Waals surface area contributed by atoms with E-state index >= 15 is 0 Å². The van der Waals surface area contributed by atoms with E-state index in [0.717, 1.165) is 11.1 Å². The van der Waals surface area contributed by atoms with E-state index in [1.165, 1.54) is 0 Å². The summed E-state index contributed by atoms with van der Waals surface area (Å²) in [5.74, 6) is 0.415. The van der Waals surface area contributed by atoms with Crippen molar-refractivity contribution in [1.29, 1.82) is 0 Å². The molecule has 1 amide bonds. The molecule has 0 spiro atoms. The number of rotatable bonds is 6. The fourth-order valence-electron chi connectivity index (χ4n) is 2.65. The Morgan fingerprint density at radius 2 is 1.96 bits per heavy atom. The molecule has 1 atom stereocenters. The molecule has 1 unspecified atom stereocenters. The Morgan fingerprint density at radius 3 is 2.63 bits per heavy atom. The van der Waals surface area contributed by atoms with Gasteiger partial charge in [0, 0.05) is 23.0 Å². The number of benzene rings is 2. The van der Waals surface area contributed by atoms with Crippen LogP contribution in [0.2, 0.25) is 5.02 Å². The van der Waals surface area contributed by atoms with E-state index < -0.39 is 0 Å². The molecule has 0 aliphatic heterocycles. The summed E-state index contributed by atoms with van der Waals surface area (Å²) in [6, 6.07) is 12.5. The molecule has 0 radical (unpaired) electrons. The van der Waals surface area contributed by atoms with Crippen molar-refractivity contribution < 1.29 is 9.90 Å². The van der Waals surface area contributed by atoms with Crippen molar-refractivity contribution in [2.24, 2.45) is 0 Å². The predicted molar refractivity (Wildman–Crippen MR) is 103 cm³/mol. The van der Waals surface area contributed by atoms with E-state index in [0.29, 0.717) is 28.5 Å². The molecule has 8 heteroatoms. The standard InChI is InChI=1S/C19H20ClN5O2/c1-3-18-22-23-24-25(18)17-9-14(13-4-6-16(20)7-5-13)8-15(10-17)19(27)21-12(2)11-26/h4-10,12,26H,3,11H2,1-2H3,(H,21,27). The van der Waals surface area contributed by atoms with Gasteiger partial charge in [0.2, 0.25) is 0 Å². The number of carbonyl (C=O) groups is 1. The second-order valence-electron chi connectivity index (χ2n) is 6.19. The van der Waals surface area contributed by atoms with Gasteiger partial charge in [-0.2, -0.15) is 4.68 Å². The number of hydrogen-bond acceptors (Lipinski definition) is 5. The summed E-state index contributed by atoms with van der Waals surface area (Å²) in [5, 5.41) is 24.4. The van der Waals surface area contributed by atoms with Gasteiger partial charge >= 0.3 is 0 Å². The number of hydrogen-bond donors (Lipinski definition) is 2. The topological polar surface area (TPSA) is 92.9 Å². The lowest BCUT2D eigenvalue weighted by Crippen LogP contribution is -2.35. The van der Waals surface area contributed by atoms with Crippen molar-refractivity contribution >= 4 is 17.5 Å². The monoisotopic (exact) mass is 385 g/mol.